The topological polar surface area (TPSA) is 133 Å². The second kappa shape index (κ2) is 66.8. The van der Waals surface area contributed by atoms with Gasteiger partial charge < -0.3 is 29.3 Å². The van der Waals surface area contributed by atoms with Crippen LogP contribution < -0.4 is 10.2 Å². The van der Waals surface area contributed by atoms with Crippen LogP contribution in [0.15, 0.2) is 0 Å². The van der Waals surface area contributed by atoms with E-state index in [2.05, 4.69) is 27.7 Å². The first-order valence-corrected chi connectivity index (χ1v) is 33.0. The smallest absolute Gasteiger partial charge is 0.550 e. The molecular weight excluding hydrogens is 986 g/mol. The van der Waals surface area contributed by atoms with Crippen molar-refractivity contribution in [2.75, 3.05) is 0 Å². The molecule has 0 heterocycles. The molecule has 0 spiro atoms. The average molecular weight is 1110 g/mol. The van der Waals surface area contributed by atoms with E-state index in [-0.39, 0.29) is 56.5 Å². The Bertz CT molecular complexity index is 1080. The van der Waals surface area contributed by atoms with Gasteiger partial charge in [-0.25, -0.2) is 0 Å². The molecule has 0 amide bonds. The molecule has 0 aromatic rings. The minimum absolute atomic E-state index is 0. The molecule has 0 bridgehead atoms. The number of carbonyl (C=O) groups excluding carboxylic acids is 4. The first-order chi connectivity index (χ1) is 36.2. The van der Waals surface area contributed by atoms with E-state index in [1.54, 1.807) is 0 Å². The standard InChI is InChI=1S/2C33H64O4.Zn/c2*1-3-5-7-8-9-10-11-12-16-19-22-26-30-33(36)37-31(27-23-6-4-2)28-24-20-17-14-13-15-18-21-25-29-32(34)35;/h2*31H,3-30H2,1-2H3,(H,34,35);/q;;+2/p-2. The van der Waals surface area contributed by atoms with Crippen molar-refractivity contribution in [1.82, 2.24) is 0 Å². The van der Waals surface area contributed by atoms with Gasteiger partial charge in [0.1, 0.15) is 12.2 Å². The summed E-state index contributed by atoms with van der Waals surface area (Å²) in [5.41, 5.74) is 0. The second-order valence-electron chi connectivity index (χ2n) is 22.7. The molecule has 75 heavy (non-hydrogen) atoms. The van der Waals surface area contributed by atoms with Crippen LogP contribution in [0.25, 0.3) is 0 Å². The van der Waals surface area contributed by atoms with Crippen LogP contribution in [-0.4, -0.2) is 36.1 Å². The van der Waals surface area contributed by atoms with E-state index in [0.717, 1.165) is 116 Å². The van der Waals surface area contributed by atoms with Crippen LogP contribution in [0.2, 0.25) is 0 Å². The molecule has 0 N–H and O–H groups in total. The SMILES string of the molecule is CCCCCCCCCCCCCCC(=O)OC(CCCCC)CCCCCCCCCCCC(=O)[O-].CCCCCCCCCCCCCCC(=O)OC(CCCCC)CCCCCCCCCCCC(=O)[O-].[Zn+2]. The summed E-state index contributed by atoms with van der Waals surface area (Å²) in [5.74, 6) is -1.81. The summed E-state index contributed by atoms with van der Waals surface area (Å²) in [5, 5.41) is 20.8. The van der Waals surface area contributed by atoms with E-state index in [4.69, 9.17) is 9.47 Å². The normalized spacial score (nSPS) is 11.9. The van der Waals surface area contributed by atoms with Gasteiger partial charge in [-0.3, -0.25) is 9.59 Å². The summed E-state index contributed by atoms with van der Waals surface area (Å²) >= 11 is 0. The monoisotopic (exact) mass is 1110 g/mol. The first kappa shape index (κ1) is 77.7. The van der Waals surface area contributed by atoms with E-state index in [9.17, 15) is 29.4 Å². The fourth-order valence-corrected chi connectivity index (χ4v) is 10.2. The molecule has 0 saturated heterocycles. The Hall–Kier alpha value is -1.50. The van der Waals surface area contributed by atoms with Crippen LogP contribution in [0, 0.1) is 0 Å². The van der Waals surface area contributed by atoms with E-state index in [1.165, 1.54) is 218 Å². The number of carboxylic acids is 2. The summed E-state index contributed by atoms with van der Waals surface area (Å²) in [6.07, 6.45) is 64.8. The van der Waals surface area contributed by atoms with Crippen molar-refractivity contribution < 1.29 is 58.3 Å². The summed E-state index contributed by atoms with van der Waals surface area (Å²) < 4.78 is 11.8. The molecule has 0 rings (SSSR count). The van der Waals surface area contributed by atoms with Crippen molar-refractivity contribution in [1.29, 1.82) is 0 Å². The molecule has 0 fully saturated rings. The molecule has 0 saturated carbocycles. The van der Waals surface area contributed by atoms with Gasteiger partial charge >= 0.3 is 31.4 Å². The van der Waals surface area contributed by atoms with Crippen LogP contribution in [-0.2, 0) is 48.1 Å². The van der Waals surface area contributed by atoms with Gasteiger partial charge in [0.15, 0.2) is 0 Å². The Kier molecular flexibility index (Phi) is 69.2. The Labute approximate surface area is 479 Å². The number of unbranched alkanes of at least 4 members (excludes halogenated alkanes) is 42. The Balaban J connectivity index is -0.00000136. The molecule has 0 aliphatic heterocycles. The van der Waals surface area contributed by atoms with E-state index in [0.29, 0.717) is 12.8 Å². The molecule has 440 valence electrons. The Morgan fingerprint density at radius 2 is 0.413 bits per heavy atom. The third kappa shape index (κ3) is 68.6. The number of ether oxygens (including phenoxy) is 2. The molecule has 8 nitrogen and oxygen atoms in total. The van der Waals surface area contributed by atoms with Gasteiger partial charge in [0.05, 0.1) is 0 Å². The summed E-state index contributed by atoms with van der Waals surface area (Å²) in [6, 6.07) is 0. The predicted molar refractivity (Wildman–Crippen MR) is 311 cm³/mol. The number of carbonyl (C=O) groups is 4. The van der Waals surface area contributed by atoms with E-state index < -0.39 is 11.9 Å². The van der Waals surface area contributed by atoms with Crippen molar-refractivity contribution in [2.24, 2.45) is 0 Å². The van der Waals surface area contributed by atoms with Gasteiger partial charge in [-0.05, 0) is 89.9 Å². The fourth-order valence-electron chi connectivity index (χ4n) is 10.2. The average Bonchev–Trinajstić information content (AvgIpc) is 3.37. The zero-order valence-electron chi connectivity index (χ0n) is 50.7. The molecule has 0 aromatic carbocycles. The maximum atomic E-state index is 12.4. The van der Waals surface area contributed by atoms with Gasteiger partial charge in [-0.15, -0.1) is 0 Å². The molecule has 0 radical (unpaired) electrons. The minimum atomic E-state index is -0.928. The van der Waals surface area contributed by atoms with Crippen molar-refractivity contribution in [3.63, 3.8) is 0 Å². The molecule has 9 heteroatoms. The molecule has 0 aliphatic carbocycles. The van der Waals surface area contributed by atoms with Crippen molar-refractivity contribution in [3.8, 4) is 0 Å². The zero-order valence-corrected chi connectivity index (χ0v) is 53.7. The van der Waals surface area contributed by atoms with Gasteiger partial charge in [-0.2, -0.15) is 0 Å². The molecule has 2 atom stereocenters. The summed E-state index contributed by atoms with van der Waals surface area (Å²) in [4.78, 5) is 45.7. The number of carboxylic acid groups (broad SMARTS) is 2. The third-order valence-electron chi connectivity index (χ3n) is 15.1. The second-order valence-corrected chi connectivity index (χ2v) is 22.7. The van der Waals surface area contributed by atoms with E-state index in [1.807, 2.05) is 0 Å². The largest absolute Gasteiger partial charge is 2.00 e. The number of esters is 2. The van der Waals surface area contributed by atoms with Gasteiger partial charge in [0, 0.05) is 24.8 Å². The Morgan fingerprint density at radius 3 is 0.627 bits per heavy atom. The molecule has 2 unspecified atom stereocenters. The first-order valence-electron chi connectivity index (χ1n) is 33.0. The van der Waals surface area contributed by atoms with Gasteiger partial charge in [0.25, 0.3) is 0 Å². The molecule has 0 aromatic heterocycles. The van der Waals surface area contributed by atoms with E-state index >= 15 is 0 Å². The van der Waals surface area contributed by atoms with Crippen LogP contribution in [0.3, 0.4) is 0 Å². The number of rotatable bonds is 60. The van der Waals surface area contributed by atoms with Crippen molar-refractivity contribution in [2.45, 2.75) is 399 Å². The predicted octanol–water partition coefficient (Wildman–Crippen LogP) is 19.2. The maximum absolute atomic E-state index is 12.4. The van der Waals surface area contributed by atoms with Gasteiger partial charge in [0.2, 0.25) is 0 Å². The number of hydrogen-bond donors (Lipinski definition) is 0. The molecular formula is C66H126O8Zn. The maximum Gasteiger partial charge on any atom is 2.00 e. The minimum Gasteiger partial charge on any atom is -0.550 e. The zero-order chi connectivity index (χ0) is 54.5. The summed E-state index contributed by atoms with van der Waals surface area (Å²) in [6.45, 7) is 8.98. The van der Waals surface area contributed by atoms with Gasteiger partial charge in [-0.1, -0.05) is 285 Å². The van der Waals surface area contributed by atoms with Crippen LogP contribution in [0.4, 0.5) is 0 Å². The van der Waals surface area contributed by atoms with Crippen LogP contribution in [0.1, 0.15) is 387 Å². The fraction of sp³-hybridized carbons (Fsp3) is 0.939. The quantitative estimate of drug-likeness (QED) is 0.0334. The van der Waals surface area contributed by atoms with Crippen molar-refractivity contribution in [3.05, 3.63) is 0 Å². The number of hydrogen-bond acceptors (Lipinski definition) is 8. The van der Waals surface area contributed by atoms with Crippen LogP contribution >= 0.6 is 0 Å². The molecule has 0 aliphatic rings. The third-order valence-corrected chi connectivity index (χ3v) is 15.1. The van der Waals surface area contributed by atoms with Crippen molar-refractivity contribution >= 4 is 23.9 Å². The Morgan fingerprint density at radius 1 is 0.253 bits per heavy atom. The van der Waals surface area contributed by atoms with Crippen LogP contribution in [0.5, 0.6) is 0 Å². The summed E-state index contributed by atoms with van der Waals surface area (Å²) in [7, 11) is 0. The number of aliphatic carboxylic acids is 2.